The lowest BCUT2D eigenvalue weighted by atomic mass is 10.0. The molecule has 2 aromatic heterocycles. The number of nitrogens with zero attached hydrogens (tertiary/aromatic N) is 4. The number of hydrogen-bond donors (Lipinski definition) is 1. The molecule has 3 rings (SSSR count). The topological polar surface area (TPSA) is 91.8 Å². The van der Waals surface area contributed by atoms with E-state index in [1.807, 2.05) is 6.07 Å². The summed E-state index contributed by atoms with van der Waals surface area (Å²) < 4.78 is 28.1. The molecule has 0 fully saturated rings. The van der Waals surface area contributed by atoms with Gasteiger partial charge in [-0.3, -0.25) is 0 Å². The predicted molar refractivity (Wildman–Crippen MR) is 78.4 cm³/mol. The van der Waals surface area contributed by atoms with Gasteiger partial charge in [-0.05, 0) is 24.3 Å². The Labute approximate surface area is 134 Å². The van der Waals surface area contributed by atoms with E-state index in [2.05, 4.69) is 10.1 Å². The molecule has 1 aromatic carbocycles. The van der Waals surface area contributed by atoms with Crippen LogP contribution >= 0.6 is 0 Å². The quantitative estimate of drug-likeness (QED) is 0.799. The third kappa shape index (κ3) is 2.70. The van der Waals surface area contributed by atoms with Crippen molar-refractivity contribution in [3.8, 4) is 23.0 Å². The monoisotopic (exact) mass is 326 g/mol. The largest absolute Gasteiger partial charge is 0.478 e. The van der Waals surface area contributed by atoms with Crippen LogP contribution in [0.3, 0.4) is 0 Å². The molecule has 6 nitrogen and oxygen atoms in total. The summed E-state index contributed by atoms with van der Waals surface area (Å²) >= 11 is 0. The summed E-state index contributed by atoms with van der Waals surface area (Å²) in [7, 11) is 0. The van der Waals surface area contributed by atoms with Gasteiger partial charge in [-0.25, -0.2) is 23.2 Å². The highest BCUT2D eigenvalue weighted by Crippen LogP contribution is 2.26. The fourth-order valence-electron chi connectivity index (χ4n) is 2.15. The van der Waals surface area contributed by atoms with Crippen molar-refractivity contribution in [1.82, 2.24) is 14.8 Å². The zero-order chi connectivity index (χ0) is 17.3. The van der Waals surface area contributed by atoms with Crippen molar-refractivity contribution in [2.24, 2.45) is 0 Å². The molecule has 0 saturated carbocycles. The van der Waals surface area contributed by atoms with Crippen molar-refractivity contribution >= 4 is 5.97 Å². The van der Waals surface area contributed by atoms with Gasteiger partial charge in [0.05, 0.1) is 11.8 Å². The van der Waals surface area contributed by atoms with Crippen LogP contribution in [0.5, 0.6) is 0 Å². The molecule has 3 aromatic rings. The number of rotatable bonds is 3. The van der Waals surface area contributed by atoms with Crippen molar-refractivity contribution in [2.75, 3.05) is 0 Å². The van der Waals surface area contributed by atoms with Gasteiger partial charge in [0.1, 0.15) is 17.7 Å². The second kappa shape index (κ2) is 5.89. The standard InChI is InChI=1S/C16H8F2N4O2/c17-10-1-2-11(13(18)5-10)12-3-4-15(21-14(12)6-19)22-8-9(7-20-22)16(23)24/h1-5,7-8H,(H,23,24). The molecule has 24 heavy (non-hydrogen) atoms. The Hall–Kier alpha value is -3.60. The van der Waals surface area contributed by atoms with Crippen LogP contribution in [0, 0.1) is 23.0 Å². The second-order valence-corrected chi connectivity index (χ2v) is 4.78. The van der Waals surface area contributed by atoms with Crippen LogP contribution in [-0.4, -0.2) is 25.8 Å². The summed E-state index contributed by atoms with van der Waals surface area (Å²) in [6.45, 7) is 0. The third-order valence-corrected chi connectivity index (χ3v) is 3.27. The molecule has 0 spiro atoms. The minimum atomic E-state index is -1.15. The van der Waals surface area contributed by atoms with Crippen LogP contribution in [0.2, 0.25) is 0 Å². The molecule has 0 radical (unpaired) electrons. The van der Waals surface area contributed by atoms with E-state index in [1.54, 1.807) is 0 Å². The van der Waals surface area contributed by atoms with Crippen molar-refractivity contribution in [3.63, 3.8) is 0 Å². The molecule has 0 amide bonds. The molecule has 118 valence electrons. The van der Waals surface area contributed by atoms with Crippen LogP contribution in [0.15, 0.2) is 42.7 Å². The highest BCUT2D eigenvalue weighted by Gasteiger charge is 2.14. The first-order chi connectivity index (χ1) is 11.5. The minimum Gasteiger partial charge on any atom is -0.478 e. The number of carboxylic acids is 1. The van der Waals surface area contributed by atoms with Gasteiger partial charge >= 0.3 is 5.97 Å². The number of carboxylic acid groups (broad SMARTS) is 1. The summed E-state index contributed by atoms with van der Waals surface area (Å²) in [5, 5.41) is 22.0. The van der Waals surface area contributed by atoms with Crippen molar-refractivity contribution < 1.29 is 18.7 Å². The zero-order valence-electron chi connectivity index (χ0n) is 11.9. The minimum absolute atomic E-state index is 0.0380. The smallest absolute Gasteiger partial charge is 0.338 e. The molecule has 2 heterocycles. The summed E-state index contributed by atoms with van der Waals surface area (Å²) in [6, 6.07) is 7.77. The van der Waals surface area contributed by atoms with Crippen LogP contribution < -0.4 is 0 Å². The van der Waals surface area contributed by atoms with Crippen LogP contribution in [0.4, 0.5) is 8.78 Å². The molecule has 1 N–H and O–H groups in total. The van der Waals surface area contributed by atoms with Gasteiger partial charge in [-0.1, -0.05) is 0 Å². The first kappa shape index (κ1) is 15.3. The number of carbonyl (C=O) groups is 1. The first-order valence-electron chi connectivity index (χ1n) is 6.64. The van der Waals surface area contributed by atoms with E-state index in [9.17, 15) is 18.8 Å². The Bertz CT molecular complexity index is 992. The molecule has 0 aliphatic heterocycles. The van der Waals surface area contributed by atoms with Gasteiger partial charge in [-0.15, -0.1) is 0 Å². The second-order valence-electron chi connectivity index (χ2n) is 4.78. The molecule has 0 aliphatic carbocycles. The number of halogens is 2. The zero-order valence-corrected chi connectivity index (χ0v) is 11.9. The SMILES string of the molecule is N#Cc1nc(-n2cc(C(=O)O)cn2)ccc1-c1ccc(F)cc1F. The summed E-state index contributed by atoms with van der Waals surface area (Å²) in [5.41, 5.74) is 0.109. The Kier molecular flexibility index (Phi) is 3.75. The lowest BCUT2D eigenvalue weighted by Crippen LogP contribution is -2.02. The van der Waals surface area contributed by atoms with E-state index in [0.29, 0.717) is 0 Å². The van der Waals surface area contributed by atoms with Gasteiger partial charge in [0.15, 0.2) is 11.5 Å². The Morgan fingerprint density at radius 3 is 2.58 bits per heavy atom. The summed E-state index contributed by atoms with van der Waals surface area (Å²) in [4.78, 5) is 14.9. The molecule has 0 unspecified atom stereocenters. The number of pyridine rings is 1. The van der Waals surface area contributed by atoms with Crippen LogP contribution in [-0.2, 0) is 0 Å². The molecule has 8 heteroatoms. The number of hydrogen-bond acceptors (Lipinski definition) is 4. The number of nitriles is 1. The van der Waals surface area contributed by atoms with Gasteiger partial charge in [0.2, 0.25) is 0 Å². The van der Waals surface area contributed by atoms with Crippen molar-refractivity contribution in [3.05, 3.63) is 65.6 Å². The fraction of sp³-hybridized carbons (Fsp3) is 0. The van der Waals surface area contributed by atoms with Crippen molar-refractivity contribution in [1.29, 1.82) is 5.26 Å². The Morgan fingerprint density at radius 2 is 1.96 bits per heavy atom. The van der Waals surface area contributed by atoms with E-state index in [-0.39, 0.29) is 28.2 Å². The molecule has 0 atom stereocenters. The molecular weight excluding hydrogens is 318 g/mol. The molecule has 0 saturated heterocycles. The first-order valence-corrected chi connectivity index (χ1v) is 6.64. The Morgan fingerprint density at radius 1 is 1.21 bits per heavy atom. The number of aromatic carboxylic acids is 1. The highest BCUT2D eigenvalue weighted by atomic mass is 19.1. The lowest BCUT2D eigenvalue weighted by Gasteiger charge is -2.07. The average molecular weight is 326 g/mol. The van der Waals surface area contributed by atoms with E-state index in [0.717, 1.165) is 18.3 Å². The summed E-state index contributed by atoms with van der Waals surface area (Å²) in [5.74, 6) is -2.48. The van der Waals surface area contributed by atoms with Crippen LogP contribution in [0.1, 0.15) is 16.1 Å². The van der Waals surface area contributed by atoms with E-state index >= 15 is 0 Å². The van der Waals surface area contributed by atoms with Gasteiger partial charge in [0.25, 0.3) is 0 Å². The molecular formula is C16H8F2N4O2. The molecule has 0 bridgehead atoms. The van der Waals surface area contributed by atoms with Gasteiger partial charge < -0.3 is 5.11 Å². The van der Waals surface area contributed by atoms with E-state index in [1.165, 1.54) is 29.1 Å². The normalized spacial score (nSPS) is 10.4. The van der Waals surface area contributed by atoms with Crippen LogP contribution in [0.25, 0.3) is 16.9 Å². The lowest BCUT2D eigenvalue weighted by molar-refractivity contribution is 0.0697. The van der Waals surface area contributed by atoms with E-state index < -0.39 is 17.6 Å². The maximum Gasteiger partial charge on any atom is 0.338 e. The maximum absolute atomic E-state index is 13.9. The van der Waals surface area contributed by atoms with Gasteiger partial charge in [0, 0.05) is 23.4 Å². The maximum atomic E-state index is 13.9. The summed E-state index contributed by atoms with van der Waals surface area (Å²) in [6.07, 6.45) is 2.38. The van der Waals surface area contributed by atoms with E-state index in [4.69, 9.17) is 5.11 Å². The predicted octanol–water partition coefficient (Wildman–Crippen LogP) is 2.78. The Balaban J connectivity index is 2.08. The average Bonchev–Trinajstić information content (AvgIpc) is 3.05. The van der Waals surface area contributed by atoms with Crippen molar-refractivity contribution in [2.45, 2.75) is 0 Å². The third-order valence-electron chi connectivity index (χ3n) is 3.27. The molecule has 0 aliphatic rings. The number of benzene rings is 1. The van der Waals surface area contributed by atoms with Gasteiger partial charge in [-0.2, -0.15) is 10.4 Å². The number of aromatic nitrogens is 3. The highest BCUT2D eigenvalue weighted by molar-refractivity contribution is 5.87. The fourth-order valence-corrected chi connectivity index (χ4v) is 2.15.